The van der Waals surface area contributed by atoms with E-state index in [-0.39, 0.29) is 5.56 Å². The number of aromatic nitrogens is 3. The van der Waals surface area contributed by atoms with E-state index < -0.39 is 0 Å². The summed E-state index contributed by atoms with van der Waals surface area (Å²) in [5.74, 6) is 0.680. The van der Waals surface area contributed by atoms with Crippen LogP contribution in [-0.4, -0.2) is 14.7 Å². The highest BCUT2D eigenvalue weighted by Gasteiger charge is 2.20. The minimum Gasteiger partial charge on any atom is -0.359 e. The molecule has 3 aromatic heterocycles. The van der Waals surface area contributed by atoms with Gasteiger partial charge in [0.05, 0.1) is 24.0 Å². The van der Waals surface area contributed by atoms with Gasteiger partial charge in [-0.15, -0.1) is 11.3 Å². The van der Waals surface area contributed by atoms with Crippen LogP contribution in [0.1, 0.15) is 34.7 Å². The molecule has 3 aromatic rings. The van der Waals surface area contributed by atoms with Gasteiger partial charge in [0.1, 0.15) is 4.83 Å². The first-order valence-electron chi connectivity index (χ1n) is 7.14. The smallest absolute Gasteiger partial charge is 0.262 e. The summed E-state index contributed by atoms with van der Waals surface area (Å²) in [5, 5.41) is 4.67. The maximum atomic E-state index is 12.7. The predicted molar refractivity (Wildman–Crippen MR) is 80.9 cm³/mol. The molecule has 3 heterocycles. The summed E-state index contributed by atoms with van der Waals surface area (Å²) in [7, 11) is 0. The lowest BCUT2D eigenvalue weighted by molar-refractivity contribution is 0.371. The van der Waals surface area contributed by atoms with E-state index in [1.54, 1.807) is 22.2 Å². The molecule has 4 rings (SSSR count). The third kappa shape index (κ3) is 2.10. The van der Waals surface area contributed by atoms with Crippen LogP contribution in [0.15, 0.2) is 21.7 Å². The van der Waals surface area contributed by atoms with Crippen LogP contribution in [0.2, 0.25) is 0 Å². The van der Waals surface area contributed by atoms with Gasteiger partial charge in [-0.2, -0.15) is 0 Å². The van der Waals surface area contributed by atoms with Crippen LogP contribution in [0.5, 0.6) is 0 Å². The summed E-state index contributed by atoms with van der Waals surface area (Å²) in [6.45, 7) is 2.25. The second-order valence-corrected chi connectivity index (χ2v) is 6.59. The van der Waals surface area contributed by atoms with Gasteiger partial charge in [-0.1, -0.05) is 5.16 Å². The Bertz CT molecular complexity index is 875. The van der Waals surface area contributed by atoms with Gasteiger partial charge >= 0.3 is 0 Å². The molecule has 108 valence electrons. The molecule has 6 heteroatoms. The monoisotopic (exact) mass is 301 g/mol. The van der Waals surface area contributed by atoms with Crippen LogP contribution in [-0.2, 0) is 19.4 Å². The maximum Gasteiger partial charge on any atom is 0.262 e. The molecule has 5 nitrogen and oxygen atoms in total. The van der Waals surface area contributed by atoms with Crippen molar-refractivity contribution in [3.8, 4) is 0 Å². The van der Waals surface area contributed by atoms with E-state index in [2.05, 4.69) is 10.1 Å². The average Bonchev–Trinajstić information content (AvgIpc) is 3.05. The topological polar surface area (TPSA) is 60.9 Å². The fourth-order valence-electron chi connectivity index (χ4n) is 2.95. The number of hydrogen-bond donors (Lipinski definition) is 0. The number of hydrogen-bond acceptors (Lipinski definition) is 5. The molecule has 21 heavy (non-hydrogen) atoms. The molecular formula is C15H15N3O2S. The predicted octanol–water partition coefficient (Wildman–Crippen LogP) is 2.68. The van der Waals surface area contributed by atoms with Gasteiger partial charge in [-0.3, -0.25) is 9.36 Å². The van der Waals surface area contributed by atoms with E-state index in [4.69, 9.17) is 4.52 Å². The molecule has 0 fully saturated rings. The van der Waals surface area contributed by atoms with Crippen LogP contribution >= 0.6 is 11.3 Å². The summed E-state index contributed by atoms with van der Waals surface area (Å²) in [5.41, 5.74) is 2.08. The van der Waals surface area contributed by atoms with Gasteiger partial charge in [-0.05, 0) is 38.2 Å². The second-order valence-electron chi connectivity index (χ2n) is 5.50. The SMILES string of the molecule is Cc1cc(Cn2cnc3sc4c(c3c2=O)CCCC4)on1. The first-order chi connectivity index (χ1) is 10.2. The number of aryl methyl sites for hydroxylation is 3. The van der Waals surface area contributed by atoms with Crippen molar-refractivity contribution >= 4 is 21.6 Å². The normalized spacial score (nSPS) is 14.5. The molecule has 0 amide bonds. The molecule has 0 bridgehead atoms. The van der Waals surface area contributed by atoms with Crippen molar-refractivity contribution in [2.75, 3.05) is 0 Å². The van der Waals surface area contributed by atoms with Crippen molar-refractivity contribution in [3.05, 3.63) is 44.6 Å². The van der Waals surface area contributed by atoms with Gasteiger partial charge in [0.25, 0.3) is 5.56 Å². The zero-order valence-electron chi connectivity index (χ0n) is 11.8. The zero-order valence-corrected chi connectivity index (χ0v) is 12.6. The Hall–Kier alpha value is -1.95. The standard InChI is InChI=1S/C15H15N3O2S/c1-9-6-10(20-17-9)7-18-8-16-14-13(15(18)19)11-4-2-3-5-12(11)21-14/h6,8H,2-5,7H2,1H3. The van der Waals surface area contributed by atoms with Gasteiger partial charge in [0, 0.05) is 10.9 Å². The lowest BCUT2D eigenvalue weighted by Gasteiger charge is -2.10. The van der Waals surface area contributed by atoms with E-state index in [0.29, 0.717) is 12.3 Å². The molecule has 0 aromatic carbocycles. The Kier molecular flexibility index (Phi) is 2.92. The first kappa shape index (κ1) is 12.8. The largest absolute Gasteiger partial charge is 0.359 e. The van der Waals surface area contributed by atoms with Gasteiger partial charge < -0.3 is 4.52 Å². The lowest BCUT2D eigenvalue weighted by atomic mass is 9.97. The molecule has 0 saturated carbocycles. The summed E-state index contributed by atoms with van der Waals surface area (Å²) in [6, 6.07) is 1.85. The van der Waals surface area contributed by atoms with Crippen molar-refractivity contribution in [3.63, 3.8) is 0 Å². The van der Waals surface area contributed by atoms with E-state index in [0.717, 1.165) is 35.2 Å². The molecule has 0 unspecified atom stereocenters. The lowest BCUT2D eigenvalue weighted by Crippen LogP contribution is -2.21. The second kappa shape index (κ2) is 4.80. The molecule has 0 aliphatic heterocycles. The van der Waals surface area contributed by atoms with E-state index in [1.807, 2.05) is 13.0 Å². The van der Waals surface area contributed by atoms with E-state index in [1.165, 1.54) is 16.9 Å². The quantitative estimate of drug-likeness (QED) is 0.730. The highest BCUT2D eigenvalue weighted by molar-refractivity contribution is 7.18. The molecule has 0 spiro atoms. The Morgan fingerprint density at radius 2 is 2.24 bits per heavy atom. The fourth-order valence-corrected chi connectivity index (χ4v) is 4.17. The molecule has 0 N–H and O–H groups in total. The zero-order chi connectivity index (χ0) is 14.4. The van der Waals surface area contributed by atoms with Crippen molar-refractivity contribution in [1.82, 2.24) is 14.7 Å². The number of fused-ring (bicyclic) bond motifs is 3. The van der Waals surface area contributed by atoms with Crippen molar-refractivity contribution in [1.29, 1.82) is 0 Å². The van der Waals surface area contributed by atoms with Crippen LogP contribution in [0.4, 0.5) is 0 Å². The number of rotatable bonds is 2. The van der Waals surface area contributed by atoms with Crippen LogP contribution in [0.3, 0.4) is 0 Å². The highest BCUT2D eigenvalue weighted by atomic mass is 32.1. The molecular weight excluding hydrogens is 286 g/mol. The minimum absolute atomic E-state index is 0.0356. The fraction of sp³-hybridized carbons (Fsp3) is 0.400. The number of thiophene rings is 1. The van der Waals surface area contributed by atoms with Crippen molar-refractivity contribution < 1.29 is 4.52 Å². The van der Waals surface area contributed by atoms with Crippen LogP contribution < -0.4 is 5.56 Å². The van der Waals surface area contributed by atoms with Crippen molar-refractivity contribution in [2.45, 2.75) is 39.2 Å². The molecule has 0 radical (unpaired) electrons. The average molecular weight is 301 g/mol. The summed E-state index contributed by atoms with van der Waals surface area (Å²) in [4.78, 5) is 19.4. The molecule has 0 saturated heterocycles. The van der Waals surface area contributed by atoms with Crippen LogP contribution in [0, 0.1) is 6.92 Å². The molecule has 1 aliphatic carbocycles. The Morgan fingerprint density at radius 1 is 1.38 bits per heavy atom. The molecule has 0 atom stereocenters. The highest BCUT2D eigenvalue weighted by Crippen LogP contribution is 2.33. The van der Waals surface area contributed by atoms with E-state index >= 15 is 0 Å². The minimum atomic E-state index is 0.0356. The third-order valence-electron chi connectivity index (χ3n) is 3.94. The third-order valence-corrected chi connectivity index (χ3v) is 5.14. The van der Waals surface area contributed by atoms with Gasteiger partial charge in [-0.25, -0.2) is 4.98 Å². The van der Waals surface area contributed by atoms with Crippen molar-refractivity contribution in [2.24, 2.45) is 0 Å². The Balaban J connectivity index is 1.84. The van der Waals surface area contributed by atoms with Gasteiger partial charge in [0.2, 0.25) is 0 Å². The summed E-state index contributed by atoms with van der Waals surface area (Å²) in [6.07, 6.45) is 6.07. The number of nitrogens with zero attached hydrogens (tertiary/aromatic N) is 3. The Morgan fingerprint density at radius 3 is 3.05 bits per heavy atom. The molecule has 1 aliphatic rings. The van der Waals surface area contributed by atoms with E-state index in [9.17, 15) is 4.79 Å². The summed E-state index contributed by atoms with van der Waals surface area (Å²) >= 11 is 1.67. The van der Waals surface area contributed by atoms with Crippen LogP contribution in [0.25, 0.3) is 10.2 Å². The maximum absolute atomic E-state index is 12.7. The van der Waals surface area contributed by atoms with Gasteiger partial charge in [0.15, 0.2) is 5.76 Å². The summed E-state index contributed by atoms with van der Waals surface area (Å²) < 4.78 is 6.81. The Labute approximate surface area is 125 Å². The first-order valence-corrected chi connectivity index (χ1v) is 7.96.